The Balaban J connectivity index is 1.17. The molecule has 1 N–H and O–H groups in total. The predicted octanol–water partition coefficient (Wildman–Crippen LogP) is 3.94. The number of thioether (sulfide) groups is 2. The smallest absolute Gasteiger partial charge is 0.326 e. The number of para-hydroxylation sites is 2. The second-order valence-electron chi connectivity index (χ2n) is 11.0. The van der Waals surface area contributed by atoms with Crippen LogP contribution in [0.5, 0.6) is 0 Å². The number of hydrogen-bond donors (Lipinski definition) is 1. The lowest BCUT2D eigenvalue weighted by molar-refractivity contribution is -0.145. The fourth-order valence-electron chi connectivity index (χ4n) is 6.01. The molecule has 4 aliphatic heterocycles. The van der Waals surface area contributed by atoms with Crippen LogP contribution in [0.15, 0.2) is 58.3 Å². The molecular formula is C32H24N4O8S4. The van der Waals surface area contributed by atoms with Crippen LogP contribution in [0.25, 0.3) is 11.1 Å². The Morgan fingerprint density at radius 3 is 1.69 bits per heavy atom. The van der Waals surface area contributed by atoms with Crippen molar-refractivity contribution in [2.45, 2.75) is 39.2 Å². The molecule has 2 saturated heterocycles. The zero-order valence-corrected chi connectivity index (χ0v) is 28.5. The van der Waals surface area contributed by atoms with Crippen LogP contribution in [-0.4, -0.2) is 77.5 Å². The lowest BCUT2D eigenvalue weighted by Crippen LogP contribution is -2.44. The van der Waals surface area contributed by atoms with Gasteiger partial charge in [-0.1, -0.05) is 84.4 Å². The third-order valence-electron chi connectivity index (χ3n) is 8.10. The largest absolute Gasteiger partial charge is 0.480 e. The molecule has 4 aliphatic rings. The molecular weight excluding hydrogens is 697 g/mol. The molecule has 16 heteroatoms. The number of imide groups is 2. The molecule has 0 bridgehead atoms. The van der Waals surface area contributed by atoms with Gasteiger partial charge < -0.3 is 5.11 Å². The molecule has 2 aromatic rings. The Hall–Kier alpha value is -4.51. The van der Waals surface area contributed by atoms with Gasteiger partial charge in [-0.25, -0.2) is 14.6 Å². The summed E-state index contributed by atoms with van der Waals surface area (Å²) in [6, 6.07) is 11.8. The normalized spacial score (nSPS) is 21.1. The van der Waals surface area contributed by atoms with Gasteiger partial charge in [-0.15, -0.1) is 0 Å². The zero-order chi connectivity index (χ0) is 34.6. The molecule has 48 heavy (non-hydrogen) atoms. The summed E-state index contributed by atoms with van der Waals surface area (Å²) in [4.78, 5) is 95.0. The van der Waals surface area contributed by atoms with E-state index in [2.05, 4.69) is 0 Å². The molecule has 0 spiro atoms. The average molecular weight is 721 g/mol. The maximum Gasteiger partial charge on any atom is 0.326 e. The standard InChI is InChI=1S/C32H24N4O8S4/c1-15(37)34-19-11-5-3-9-17(19)22(26(34)39)24-28(41)33(31(45)47-24)14-8-7-13-21(30(43)44)36-29(42)25(48-32(36)46)23-18-10-4-6-12-20(18)35(16(2)38)27(23)40/h3-6,9-12,21H,7-8,13-14H2,1-2H3,(H,43,44). The Bertz CT molecular complexity index is 1990. The van der Waals surface area contributed by atoms with Crippen molar-refractivity contribution in [3.8, 4) is 0 Å². The Morgan fingerprint density at radius 1 is 0.708 bits per heavy atom. The number of nitrogens with zero attached hydrogens (tertiary/aromatic N) is 4. The van der Waals surface area contributed by atoms with Crippen molar-refractivity contribution in [1.29, 1.82) is 0 Å². The molecule has 1 atom stereocenters. The number of anilines is 2. The monoisotopic (exact) mass is 720 g/mol. The third kappa shape index (κ3) is 5.38. The van der Waals surface area contributed by atoms with Crippen molar-refractivity contribution in [1.82, 2.24) is 9.80 Å². The summed E-state index contributed by atoms with van der Waals surface area (Å²) < 4.78 is 0.180. The van der Waals surface area contributed by atoms with Gasteiger partial charge in [-0.05, 0) is 31.4 Å². The molecule has 0 aromatic heterocycles. The maximum atomic E-state index is 13.7. The number of benzene rings is 2. The van der Waals surface area contributed by atoms with Crippen molar-refractivity contribution >= 4 is 121 Å². The Kier molecular flexibility index (Phi) is 8.93. The summed E-state index contributed by atoms with van der Waals surface area (Å²) in [5.74, 6) is -4.85. The van der Waals surface area contributed by atoms with Crippen LogP contribution in [0.1, 0.15) is 44.2 Å². The average Bonchev–Trinajstić information content (AvgIpc) is 3.69. The quantitative estimate of drug-likeness (QED) is 0.251. The summed E-state index contributed by atoms with van der Waals surface area (Å²) in [7, 11) is 0. The predicted molar refractivity (Wildman–Crippen MR) is 187 cm³/mol. The number of unbranched alkanes of at least 4 members (excludes halogenated alkanes) is 1. The van der Waals surface area contributed by atoms with E-state index < -0.39 is 47.5 Å². The molecule has 12 nitrogen and oxygen atoms in total. The van der Waals surface area contributed by atoms with Crippen molar-refractivity contribution < 1.29 is 38.7 Å². The molecule has 6 amide bonds. The Labute approximate surface area is 292 Å². The topological polar surface area (TPSA) is 153 Å². The summed E-state index contributed by atoms with van der Waals surface area (Å²) >= 11 is 12.6. The van der Waals surface area contributed by atoms with Gasteiger partial charge in [0.05, 0.1) is 32.3 Å². The number of aliphatic carboxylic acids is 1. The van der Waals surface area contributed by atoms with E-state index in [-0.39, 0.29) is 49.0 Å². The molecule has 0 saturated carbocycles. The zero-order valence-electron chi connectivity index (χ0n) is 25.3. The highest BCUT2D eigenvalue weighted by atomic mass is 32.2. The van der Waals surface area contributed by atoms with Gasteiger partial charge in [-0.2, -0.15) is 0 Å². The molecule has 2 fully saturated rings. The summed E-state index contributed by atoms with van der Waals surface area (Å²) in [5, 5.41) is 10.1. The molecule has 0 aliphatic carbocycles. The number of carbonyl (C=O) groups excluding carboxylic acids is 6. The van der Waals surface area contributed by atoms with Crippen molar-refractivity contribution in [2.24, 2.45) is 0 Å². The van der Waals surface area contributed by atoms with E-state index in [0.717, 1.165) is 38.2 Å². The fraction of sp³-hybridized carbons (Fsp3) is 0.219. The van der Waals surface area contributed by atoms with E-state index in [1.807, 2.05) is 0 Å². The SMILES string of the molecule is CC(=O)N1C(=O)C(=C2SC(=S)N(CCCCC(C(=O)O)N3C(=O)C(=C4C(=O)N(C(C)=O)c5ccccc54)SC3=S)C2=O)c2ccccc21. The highest BCUT2D eigenvalue weighted by molar-refractivity contribution is 8.27. The molecule has 4 heterocycles. The van der Waals surface area contributed by atoms with E-state index in [4.69, 9.17) is 24.4 Å². The number of carboxylic acids is 1. The Morgan fingerprint density at radius 2 is 1.19 bits per heavy atom. The minimum Gasteiger partial charge on any atom is -0.480 e. The molecule has 244 valence electrons. The molecule has 0 radical (unpaired) electrons. The van der Waals surface area contributed by atoms with E-state index in [9.17, 15) is 38.7 Å². The molecule has 2 aromatic carbocycles. The van der Waals surface area contributed by atoms with Gasteiger partial charge in [0.15, 0.2) is 0 Å². The van der Waals surface area contributed by atoms with E-state index in [0.29, 0.717) is 28.9 Å². The van der Waals surface area contributed by atoms with Crippen LogP contribution < -0.4 is 9.80 Å². The number of amides is 6. The van der Waals surface area contributed by atoms with Crippen LogP contribution in [0.3, 0.4) is 0 Å². The van der Waals surface area contributed by atoms with Crippen LogP contribution in [0, 0.1) is 0 Å². The van der Waals surface area contributed by atoms with Crippen molar-refractivity contribution in [2.75, 3.05) is 16.3 Å². The second-order valence-corrected chi connectivity index (χ2v) is 14.3. The minimum atomic E-state index is -1.36. The van der Waals surface area contributed by atoms with Crippen molar-refractivity contribution in [3.63, 3.8) is 0 Å². The van der Waals surface area contributed by atoms with Gasteiger partial charge in [0.1, 0.15) is 14.7 Å². The van der Waals surface area contributed by atoms with Gasteiger partial charge in [0, 0.05) is 31.5 Å². The first kappa shape index (κ1) is 33.4. The first-order chi connectivity index (χ1) is 22.8. The minimum absolute atomic E-state index is 0.0111. The number of carboxylic acid groups (broad SMARTS) is 1. The fourth-order valence-corrected chi connectivity index (χ4v) is 8.82. The number of hydrogen-bond acceptors (Lipinski definition) is 11. The van der Waals surface area contributed by atoms with E-state index in [1.54, 1.807) is 48.5 Å². The highest BCUT2D eigenvalue weighted by Gasteiger charge is 2.47. The third-order valence-corrected chi connectivity index (χ3v) is 10.9. The second kappa shape index (κ2) is 12.8. The number of fused-ring (bicyclic) bond motifs is 2. The van der Waals surface area contributed by atoms with Crippen LogP contribution in [-0.2, 0) is 33.6 Å². The number of carbonyl (C=O) groups is 7. The summed E-state index contributed by atoms with van der Waals surface area (Å²) in [6.45, 7) is 2.62. The van der Waals surface area contributed by atoms with Gasteiger partial charge in [-0.3, -0.25) is 38.6 Å². The lowest BCUT2D eigenvalue weighted by atomic mass is 10.0. The lowest BCUT2D eigenvalue weighted by Gasteiger charge is -2.23. The molecule has 6 rings (SSSR count). The maximum absolute atomic E-state index is 13.7. The van der Waals surface area contributed by atoms with Crippen LogP contribution in [0.2, 0.25) is 0 Å². The summed E-state index contributed by atoms with van der Waals surface area (Å²) in [6.07, 6.45) is 0.532. The highest BCUT2D eigenvalue weighted by Crippen LogP contribution is 2.46. The molecule has 1 unspecified atom stereocenters. The first-order valence-corrected chi connectivity index (χ1v) is 17.0. The van der Waals surface area contributed by atoms with E-state index in [1.165, 1.54) is 18.7 Å². The van der Waals surface area contributed by atoms with Gasteiger partial charge in [0.25, 0.3) is 23.6 Å². The van der Waals surface area contributed by atoms with Crippen LogP contribution in [0.4, 0.5) is 11.4 Å². The van der Waals surface area contributed by atoms with E-state index >= 15 is 0 Å². The van der Waals surface area contributed by atoms with Gasteiger partial charge >= 0.3 is 5.97 Å². The van der Waals surface area contributed by atoms with Gasteiger partial charge in [0.2, 0.25) is 11.8 Å². The first-order valence-electron chi connectivity index (χ1n) is 14.5. The summed E-state index contributed by atoms with van der Waals surface area (Å²) in [5.41, 5.74) is 1.64. The number of rotatable bonds is 7. The van der Waals surface area contributed by atoms with Crippen molar-refractivity contribution in [3.05, 3.63) is 69.5 Å². The number of thiocarbonyl (C=S) groups is 2. The van der Waals surface area contributed by atoms with Crippen LogP contribution >= 0.6 is 48.0 Å².